The molecule has 29 heavy (non-hydrogen) atoms. The topological polar surface area (TPSA) is 61.8 Å². The summed E-state index contributed by atoms with van der Waals surface area (Å²) in [6.07, 6.45) is 4.58. The lowest BCUT2D eigenvalue weighted by molar-refractivity contribution is 0.0436. The van der Waals surface area contributed by atoms with Gasteiger partial charge in [0.1, 0.15) is 0 Å². The van der Waals surface area contributed by atoms with Crippen LogP contribution in [-0.2, 0) is 4.74 Å². The SMILES string of the molecule is C[C@H](CCN1CCN(c2ncccn2)CC1)COC(=O)c1ccc(N(C)C)cc1. The maximum Gasteiger partial charge on any atom is 0.338 e. The number of carbonyl (C=O) groups is 1. The lowest BCUT2D eigenvalue weighted by Crippen LogP contribution is -2.47. The van der Waals surface area contributed by atoms with E-state index < -0.39 is 0 Å². The van der Waals surface area contributed by atoms with Crippen molar-refractivity contribution in [1.29, 1.82) is 0 Å². The quantitative estimate of drug-likeness (QED) is 0.635. The molecule has 0 radical (unpaired) electrons. The van der Waals surface area contributed by atoms with Crippen LogP contribution in [0, 0.1) is 5.92 Å². The minimum Gasteiger partial charge on any atom is -0.462 e. The maximum atomic E-state index is 12.2. The molecule has 7 heteroatoms. The van der Waals surface area contributed by atoms with Gasteiger partial charge in [-0.3, -0.25) is 4.90 Å². The van der Waals surface area contributed by atoms with Gasteiger partial charge in [-0.15, -0.1) is 0 Å². The molecule has 1 saturated heterocycles. The van der Waals surface area contributed by atoms with Gasteiger partial charge in [0.2, 0.25) is 5.95 Å². The number of nitrogens with zero attached hydrogens (tertiary/aromatic N) is 5. The summed E-state index contributed by atoms with van der Waals surface area (Å²) >= 11 is 0. The van der Waals surface area contributed by atoms with E-state index in [1.165, 1.54) is 0 Å². The molecule has 7 nitrogen and oxygen atoms in total. The standard InChI is InChI=1S/C22H31N5O2/c1-18(17-29-21(28)19-5-7-20(8-6-19)25(2)3)9-12-26-13-15-27(16-14-26)22-23-10-4-11-24-22/h4-8,10-11,18H,9,12-17H2,1-3H3/t18-/m1/s1. The fourth-order valence-electron chi connectivity index (χ4n) is 3.31. The molecule has 1 aromatic heterocycles. The van der Waals surface area contributed by atoms with E-state index in [-0.39, 0.29) is 5.97 Å². The number of hydrogen-bond donors (Lipinski definition) is 0. The van der Waals surface area contributed by atoms with Crippen molar-refractivity contribution in [3.8, 4) is 0 Å². The molecule has 1 aliphatic heterocycles. The van der Waals surface area contributed by atoms with Gasteiger partial charge in [0, 0.05) is 58.4 Å². The Morgan fingerprint density at radius 2 is 1.76 bits per heavy atom. The van der Waals surface area contributed by atoms with Crippen LogP contribution in [0.2, 0.25) is 0 Å². The Morgan fingerprint density at radius 1 is 1.10 bits per heavy atom. The zero-order valence-electron chi connectivity index (χ0n) is 17.6. The molecular formula is C22H31N5O2. The molecule has 1 fully saturated rings. The Balaban J connectivity index is 1.35. The van der Waals surface area contributed by atoms with Gasteiger partial charge in [-0.1, -0.05) is 6.92 Å². The van der Waals surface area contributed by atoms with Crippen molar-refractivity contribution in [1.82, 2.24) is 14.9 Å². The number of rotatable bonds is 8. The molecular weight excluding hydrogens is 366 g/mol. The number of anilines is 2. The second-order valence-corrected chi connectivity index (χ2v) is 7.81. The molecule has 1 aromatic carbocycles. The Bertz CT molecular complexity index is 759. The van der Waals surface area contributed by atoms with E-state index in [0.717, 1.165) is 50.8 Å². The van der Waals surface area contributed by atoms with Crippen molar-refractivity contribution in [2.75, 3.05) is 63.2 Å². The summed E-state index contributed by atoms with van der Waals surface area (Å²) in [6.45, 7) is 7.49. The van der Waals surface area contributed by atoms with Crippen LogP contribution in [0.4, 0.5) is 11.6 Å². The van der Waals surface area contributed by atoms with Gasteiger partial charge in [0.05, 0.1) is 12.2 Å². The zero-order chi connectivity index (χ0) is 20.6. The average Bonchev–Trinajstić information content (AvgIpc) is 2.77. The maximum absolute atomic E-state index is 12.2. The summed E-state index contributed by atoms with van der Waals surface area (Å²) in [5, 5.41) is 0. The number of esters is 1. The second kappa shape index (κ2) is 10.2. The third-order valence-corrected chi connectivity index (χ3v) is 5.26. The van der Waals surface area contributed by atoms with Crippen molar-refractivity contribution in [3.63, 3.8) is 0 Å². The van der Waals surface area contributed by atoms with Gasteiger partial charge in [-0.2, -0.15) is 0 Å². The Hall–Kier alpha value is -2.67. The molecule has 3 rings (SSSR count). The average molecular weight is 398 g/mol. The normalized spacial score (nSPS) is 15.8. The number of ether oxygens (including phenoxy) is 1. The minimum atomic E-state index is -0.251. The third-order valence-electron chi connectivity index (χ3n) is 5.26. The van der Waals surface area contributed by atoms with E-state index in [0.29, 0.717) is 18.1 Å². The van der Waals surface area contributed by atoms with Crippen LogP contribution in [0.5, 0.6) is 0 Å². The van der Waals surface area contributed by atoms with Crippen molar-refractivity contribution in [3.05, 3.63) is 48.3 Å². The van der Waals surface area contributed by atoms with Crippen LogP contribution in [0.3, 0.4) is 0 Å². The van der Waals surface area contributed by atoms with Crippen molar-refractivity contribution < 1.29 is 9.53 Å². The molecule has 1 aliphatic rings. The molecule has 0 spiro atoms. The molecule has 0 N–H and O–H groups in total. The first-order valence-electron chi connectivity index (χ1n) is 10.2. The highest BCUT2D eigenvalue weighted by Gasteiger charge is 2.19. The Labute approximate surface area is 173 Å². The Morgan fingerprint density at radius 3 is 2.38 bits per heavy atom. The summed E-state index contributed by atoms with van der Waals surface area (Å²) < 4.78 is 5.51. The number of hydrogen-bond acceptors (Lipinski definition) is 7. The van der Waals surface area contributed by atoms with Crippen LogP contribution < -0.4 is 9.80 Å². The molecule has 0 amide bonds. The first kappa shape index (κ1) is 21.0. The van der Waals surface area contributed by atoms with Crippen molar-refractivity contribution in [2.45, 2.75) is 13.3 Å². The van der Waals surface area contributed by atoms with E-state index >= 15 is 0 Å². The number of benzene rings is 1. The summed E-state index contributed by atoms with van der Waals surface area (Å²) in [6, 6.07) is 9.34. The molecule has 2 heterocycles. The lowest BCUT2D eigenvalue weighted by atomic mass is 10.1. The monoisotopic (exact) mass is 397 g/mol. The van der Waals surface area contributed by atoms with E-state index in [1.54, 1.807) is 12.4 Å². The third kappa shape index (κ3) is 6.15. The molecule has 0 aliphatic carbocycles. The van der Waals surface area contributed by atoms with E-state index in [9.17, 15) is 4.79 Å². The van der Waals surface area contributed by atoms with Crippen molar-refractivity contribution in [2.24, 2.45) is 5.92 Å². The Kier molecular flexibility index (Phi) is 7.41. The largest absolute Gasteiger partial charge is 0.462 e. The zero-order valence-corrected chi connectivity index (χ0v) is 17.6. The first-order valence-corrected chi connectivity index (χ1v) is 10.2. The summed E-state index contributed by atoms with van der Waals surface area (Å²) in [7, 11) is 3.95. The molecule has 156 valence electrons. The predicted octanol–water partition coefficient (Wildman–Crippen LogP) is 2.55. The molecule has 0 bridgehead atoms. The van der Waals surface area contributed by atoms with Gasteiger partial charge < -0.3 is 14.5 Å². The smallest absolute Gasteiger partial charge is 0.338 e. The number of piperazine rings is 1. The number of aromatic nitrogens is 2. The van der Waals surface area contributed by atoms with Crippen LogP contribution >= 0.6 is 0 Å². The van der Waals surface area contributed by atoms with Gasteiger partial charge in [-0.05, 0) is 49.2 Å². The van der Waals surface area contributed by atoms with Crippen LogP contribution in [0.25, 0.3) is 0 Å². The van der Waals surface area contributed by atoms with Crippen LogP contribution in [0.15, 0.2) is 42.7 Å². The minimum absolute atomic E-state index is 0.251. The fourth-order valence-corrected chi connectivity index (χ4v) is 3.31. The van der Waals surface area contributed by atoms with E-state index in [1.807, 2.05) is 49.3 Å². The number of carbonyl (C=O) groups excluding carboxylic acids is 1. The first-order chi connectivity index (χ1) is 14.0. The fraction of sp³-hybridized carbons (Fsp3) is 0.500. The summed E-state index contributed by atoms with van der Waals surface area (Å²) in [5.74, 6) is 0.889. The molecule has 0 unspecified atom stereocenters. The highest BCUT2D eigenvalue weighted by molar-refractivity contribution is 5.89. The molecule has 0 saturated carbocycles. The highest BCUT2D eigenvalue weighted by Crippen LogP contribution is 2.15. The van der Waals surface area contributed by atoms with Gasteiger partial charge in [-0.25, -0.2) is 14.8 Å². The van der Waals surface area contributed by atoms with Crippen LogP contribution in [-0.4, -0.2) is 74.3 Å². The van der Waals surface area contributed by atoms with E-state index in [4.69, 9.17) is 4.74 Å². The highest BCUT2D eigenvalue weighted by atomic mass is 16.5. The van der Waals surface area contributed by atoms with Gasteiger partial charge in [0.25, 0.3) is 0 Å². The lowest BCUT2D eigenvalue weighted by Gasteiger charge is -2.35. The second-order valence-electron chi connectivity index (χ2n) is 7.81. The van der Waals surface area contributed by atoms with Gasteiger partial charge >= 0.3 is 5.97 Å². The predicted molar refractivity (Wildman–Crippen MR) is 116 cm³/mol. The molecule has 1 atom stereocenters. The van der Waals surface area contributed by atoms with E-state index in [2.05, 4.69) is 26.7 Å². The van der Waals surface area contributed by atoms with Crippen LogP contribution in [0.1, 0.15) is 23.7 Å². The summed E-state index contributed by atoms with van der Waals surface area (Å²) in [4.78, 5) is 27.6. The summed E-state index contributed by atoms with van der Waals surface area (Å²) in [5.41, 5.74) is 1.66. The molecule has 2 aromatic rings. The van der Waals surface area contributed by atoms with Gasteiger partial charge in [0.15, 0.2) is 0 Å². The van der Waals surface area contributed by atoms with Crippen molar-refractivity contribution >= 4 is 17.6 Å².